The molecule has 0 unspecified atom stereocenters. The Morgan fingerprint density at radius 1 is 1.14 bits per heavy atom. The fourth-order valence-corrected chi connectivity index (χ4v) is 2.84. The van der Waals surface area contributed by atoms with Gasteiger partial charge in [-0.25, -0.2) is 0 Å². The number of fused-ring (bicyclic) bond motifs is 2. The van der Waals surface area contributed by atoms with Crippen LogP contribution in [0.2, 0.25) is 0 Å². The number of halogens is 1. The van der Waals surface area contributed by atoms with Gasteiger partial charge in [-0.1, -0.05) is 0 Å². The average Bonchev–Trinajstić information content (AvgIpc) is 2.78. The van der Waals surface area contributed by atoms with Gasteiger partial charge >= 0.3 is 5.97 Å². The van der Waals surface area contributed by atoms with Crippen molar-refractivity contribution in [2.45, 2.75) is 25.7 Å². The minimum atomic E-state index is -0.714. The van der Waals surface area contributed by atoms with Gasteiger partial charge in [-0.2, -0.15) is 0 Å². The van der Waals surface area contributed by atoms with Crippen LogP contribution in [-0.4, -0.2) is 42.4 Å². The molecule has 2 heterocycles. The van der Waals surface area contributed by atoms with Crippen molar-refractivity contribution < 1.29 is 19.4 Å². The van der Waals surface area contributed by atoms with Gasteiger partial charge in [0.15, 0.2) is 11.5 Å². The zero-order valence-electron chi connectivity index (χ0n) is 11.8. The number of ether oxygens (including phenoxy) is 2. The van der Waals surface area contributed by atoms with Crippen molar-refractivity contribution in [1.82, 2.24) is 4.90 Å². The van der Waals surface area contributed by atoms with E-state index in [1.165, 1.54) is 11.1 Å². The van der Waals surface area contributed by atoms with Gasteiger partial charge in [-0.3, -0.25) is 4.79 Å². The van der Waals surface area contributed by atoms with Crippen LogP contribution in [0.1, 0.15) is 24.0 Å². The molecule has 1 aromatic carbocycles. The van der Waals surface area contributed by atoms with E-state index in [0.29, 0.717) is 13.2 Å². The van der Waals surface area contributed by atoms with E-state index in [0.717, 1.165) is 44.0 Å². The van der Waals surface area contributed by atoms with Crippen molar-refractivity contribution in [2.24, 2.45) is 0 Å². The molecule has 21 heavy (non-hydrogen) atoms. The first-order valence-electron chi connectivity index (χ1n) is 7.08. The zero-order chi connectivity index (χ0) is 13.9. The summed E-state index contributed by atoms with van der Waals surface area (Å²) in [5.41, 5.74) is 2.66. The van der Waals surface area contributed by atoms with Gasteiger partial charge in [0.25, 0.3) is 0 Å². The number of rotatable bonds is 4. The Balaban J connectivity index is 0.00000161. The molecule has 0 saturated heterocycles. The standard InChI is InChI=1S/C15H19NO4.ClH/c17-15(18)2-1-5-16-6-3-11-8-13-14(20-10-19-13)9-12(11)4-7-16;/h8-9H,1-7,10H2,(H,17,18);1H. The van der Waals surface area contributed by atoms with Gasteiger partial charge in [-0.05, 0) is 49.1 Å². The third kappa shape index (κ3) is 3.80. The Morgan fingerprint density at radius 3 is 2.24 bits per heavy atom. The summed E-state index contributed by atoms with van der Waals surface area (Å²) < 4.78 is 10.8. The minimum Gasteiger partial charge on any atom is -0.481 e. The molecule has 0 atom stereocenters. The highest BCUT2D eigenvalue weighted by Gasteiger charge is 2.20. The molecule has 6 heteroatoms. The molecule has 5 nitrogen and oxygen atoms in total. The van der Waals surface area contributed by atoms with E-state index in [9.17, 15) is 4.79 Å². The van der Waals surface area contributed by atoms with E-state index in [1.54, 1.807) is 0 Å². The molecule has 0 radical (unpaired) electrons. The van der Waals surface area contributed by atoms with Gasteiger partial charge in [0.1, 0.15) is 0 Å². The van der Waals surface area contributed by atoms with Crippen LogP contribution in [0.25, 0.3) is 0 Å². The number of aliphatic carboxylic acids is 1. The smallest absolute Gasteiger partial charge is 0.303 e. The Morgan fingerprint density at radius 2 is 1.71 bits per heavy atom. The Labute approximate surface area is 130 Å². The SMILES string of the molecule is Cl.O=C(O)CCCN1CCc2cc3c(cc2CC1)OCO3. The van der Waals surface area contributed by atoms with E-state index in [4.69, 9.17) is 14.6 Å². The summed E-state index contributed by atoms with van der Waals surface area (Å²) in [5, 5.41) is 8.69. The van der Waals surface area contributed by atoms with Crippen molar-refractivity contribution in [3.05, 3.63) is 23.3 Å². The van der Waals surface area contributed by atoms with E-state index < -0.39 is 5.97 Å². The van der Waals surface area contributed by atoms with E-state index >= 15 is 0 Å². The minimum absolute atomic E-state index is 0. The summed E-state index contributed by atoms with van der Waals surface area (Å²) in [7, 11) is 0. The average molecular weight is 314 g/mol. The number of carboxylic acids is 1. The summed E-state index contributed by atoms with van der Waals surface area (Å²) in [5.74, 6) is 0.986. The number of carboxylic acid groups (broad SMARTS) is 1. The van der Waals surface area contributed by atoms with Crippen molar-refractivity contribution in [1.29, 1.82) is 0 Å². The first-order chi connectivity index (χ1) is 9.72. The Hall–Kier alpha value is -1.46. The van der Waals surface area contributed by atoms with E-state index in [2.05, 4.69) is 17.0 Å². The predicted molar refractivity (Wildman–Crippen MR) is 80.5 cm³/mol. The molecule has 1 aromatic rings. The molecule has 0 fully saturated rings. The zero-order valence-corrected chi connectivity index (χ0v) is 12.7. The second-order valence-corrected chi connectivity index (χ2v) is 5.31. The van der Waals surface area contributed by atoms with Crippen molar-refractivity contribution >= 4 is 18.4 Å². The lowest BCUT2D eigenvalue weighted by Crippen LogP contribution is -2.27. The van der Waals surface area contributed by atoms with Crippen LogP contribution >= 0.6 is 12.4 Å². The van der Waals surface area contributed by atoms with Crippen LogP contribution in [-0.2, 0) is 17.6 Å². The summed E-state index contributed by atoms with van der Waals surface area (Å²) in [6.45, 7) is 3.13. The van der Waals surface area contributed by atoms with Crippen LogP contribution in [0.3, 0.4) is 0 Å². The van der Waals surface area contributed by atoms with E-state index in [1.807, 2.05) is 0 Å². The lowest BCUT2D eigenvalue weighted by Gasteiger charge is -2.18. The molecule has 0 amide bonds. The summed E-state index contributed by atoms with van der Waals surface area (Å²) >= 11 is 0. The first kappa shape index (κ1) is 15.9. The molecule has 0 bridgehead atoms. The lowest BCUT2D eigenvalue weighted by atomic mass is 10.0. The summed E-state index contributed by atoms with van der Waals surface area (Å²) in [4.78, 5) is 12.9. The van der Waals surface area contributed by atoms with Gasteiger partial charge in [-0.15, -0.1) is 12.4 Å². The van der Waals surface area contributed by atoms with Gasteiger partial charge in [0.05, 0.1) is 0 Å². The Bertz CT molecular complexity index is 486. The quantitative estimate of drug-likeness (QED) is 0.922. The normalized spacial score (nSPS) is 16.8. The number of hydrogen-bond donors (Lipinski definition) is 1. The predicted octanol–water partition coefficient (Wildman–Crippen LogP) is 2.10. The number of nitrogens with zero attached hydrogens (tertiary/aromatic N) is 1. The van der Waals surface area contributed by atoms with Crippen LogP contribution in [0.4, 0.5) is 0 Å². The maximum absolute atomic E-state index is 10.6. The Kier molecular flexibility index (Phi) is 5.31. The molecule has 0 saturated carbocycles. The molecule has 0 spiro atoms. The number of carbonyl (C=O) groups is 1. The molecule has 3 rings (SSSR count). The van der Waals surface area contributed by atoms with Crippen LogP contribution < -0.4 is 9.47 Å². The molecule has 2 aliphatic heterocycles. The largest absolute Gasteiger partial charge is 0.481 e. The first-order valence-corrected chi connectivity index (χ1v) is 7.08. The van der Waals surface area contributed by atoms with Crippen LogP contribution in [0.5, 0.6) is 11.5 Å². The second kappa shape index (κ2) is 7.00. The summed E-state index contributed by atoms with van der Waals surface area (Å²) in [6.07, 6.45) is 2.94. The van der Waals surface area contributed by atoms with Gasteiger partial charge in [0.2, 0.25) is 6.79 Å². The topological polar surface area (TPSA) is 59.0 Å². The highest BCUT2D eigenvalue weighted by Crippen LogP contribution is 2.35. The maximum atomic E-state index is 10.6. The second-order valence-electron chi connectivity index (χ2n) is 5.31. The molecule has 116 valence electrons. The number of benzene rings is 1. The fourth-order valence-electron chi connectivity index (χ4n) is 2.84. The molecule has 0 aromatic heterocycles. The third-order valence-corrected chi connectivity index (χ3v) is 3.95. The summed E-state index contributed by atoms with van der Waals surface area (Å²) in [6, 6.07) is 4.19. The third-order valence-electron chi connectivity index (χ3n) is 3.95. The molecule has 1 N–H and O–H groups in total. The van der Waals surface area contributed by atoms with Crippen molar-refractivity contribution in [3.8, 4) is 11.5 Å². The molecular weight excluding hydrogens is 294 g/mol. The van der Waals surface area contributed by atoms with Crippen molar-refractivity contribution in [2.75, 3.05) is 26.4 Å². The van der Waals surface area contributed by atoms with Gasteiger partial charge in [0, 0.05) is 19.5 Å². The fraction of sp³-hybridized carbons (Fsp3) is 0.533. The highest BCUT2D eigenvalue weighted by molar-refractivity contribution is 5.85. The van der Waals surface area contributed by atoms with Gasteiger partial charge < -0.3 is 19.5 Å². The monoisotopic (exact) mass is 313 g/mol. The number of hydrogen-bond acceptors (Lipinski definition) is 4. The van der Waals surface area contributed by atoms with Crippen LogP contribution in [0, 0.1) is 0 Å². The molecular formula is C15H20ClNO4. The maximum Gasteiger partial charge on any atom is 0.303 e. The van der Waals surface area contributed by atoms with Crippen molar-refractivity contribution in [3.63, 3.8) is 0 Å². The molecule has 0 aliphatic carbocycles. The highest BCUT2D eigenvalue weighted by atomic mass is 35.5. The van der Waals surface area contributed by atoms with Crippen LogP contribution in [0.15, 0.2) is 12.1 Å². The van der Waals surface area contributed by atoms with E-state index in [-0.39, 0.29) is 18.8 Å². The lowest BCUT2D eigenvalue weighted by molar-refractivity contribution is -0.137. The molecule has 2 aliphatic rings.